The Hall–Kier alpha value is -4.81. The average Bonchev–Trinajstić information content (AvgIpc) is 3.83. The molecule has 2 aliphatic rings. The Morgan fingerprint density at radius 2 is 1.40 bits per heavy atom. The third kappa shape index (κ3) is 6.01. The minimum absolute atomic E-state index is 0. The van der Waals surface area contributed by atoms with Crippen LogP contribution in [0.3, 0.4) is 0 Å². The number of esters is 1. The number of ether oxygens (including phenoxy) is 3. The quantitative estimate of drug-likeness (QED) is 0.158. The summed E-state index contributed by atoms with van der Waals surface area (Å²) in [6, 6.07) is 14.6. The number of halogens is 2. The minimum Gasteiger partial charge on any atom is -0.452 e. The topological polar surface area (TPSA) is 218 Å². The first-order valence-corrected chi connectivity index (χ1v) is 15.8. The molecular formula is C35H46F2N8O7. The van der Waals surface area contributed by atoms with Crippen molar-refractivity contribution in [3.63, 3.8) is 0 Å². The van der Waals surface area contributed by atoms with Gasteiger partial charge in [-0.25, -0.2) is 32.6 Å². The number of alkyl halides is 2. The first kappa shape index (κ1) is 40.0. The van der Waals surface area contributed by atoms with Crippen LogP contribution in [0.4, 0.5) is 20.4 Å². The number of aliphatic hydroxyl groups is 3. The van der Waals surface area contributed by atoms with Crippen molar-refractivity contribution in [2.24, 2.45) is 0 Å². The van der Waals surface area contributed by atoms with Gasteiger partial charge in [-0.15, -0.1) is 0 Å². The van der Waals surface area contributed by atoms with E-state index in [1.54, 1.807) is 55.5 Å². The highest BCUT2D eigenvalue weighted by molar-refractivity contribution is 5.89. The van der Waals surface area contributed by atoms with Gasteiger partial charge in [-0.1, -0.05) is 40.0 Å². The van der Waals surface area contributed by atoms with Crippen LogP contribution < -0.4 is 11.5 Å². The zero-order chi connectivity index (χ0) is 36.2. The van der Waals surface area contributed by atoms with Crippen molar-refractivity contribution in [3.05, 3.63) is 84.2 Å². The number of fused-ring (bicyclic) bond motifs is 2. The van der Waals surface area contributed by atoms with Crippen LogP contribution >= 0.6 is 0 Å². The van der Waals surface area contributed by atoms with Crippen LogP contribution in [0.2, 0.25) is 0 Å². The lowest BCUT2D eigenvalue weighted by Crippen LogP contribution is -2.50. The lowest BCUT2D eigenvalue weighted by molar-refractivity contribution is -0.254. The summed E-state index contributed by atoms with van der Waals surface area (Å²) in [5, 5.41) is 38.7. The fourth-order valence-electron chi connectivity index (χ4n) is 6.58. The van der Waals surface area contributed by atoms with E-state index in [9.17, 15) is 20.1 Å². The normalized spacial score (nSPS) is 31.0. The molecule has 0 spiro atoms. The molecule has 7 rings (SSSR count). The van der Waals surface area contributed by atoms with E-state index in [2.05, 4.69) is 20.2 Å². The molecule has 52 heavy (non-hydrogen) atoms. The van der Waals surface area contributed by atoms with E-state index >= 15 is 8.78 Å². The Kier molecular flexibility index (Phi) is 11.0. The van der Waals surface area contributed by atoms with Crippen LogP contribution in [-0.2, 0) is 25.6 Å². The van der Waals surface area contributed by atoms with Crippen molar-refractivity contribution in [2.45, 2.75) is 96.1 Å². The molecule has 4 aromatic heterocycles. The summed E-state index contributed by atoms with van der Waals surface area (Å²) in [4.78, 5) is 20.3. The van der Waals surface area contributed by atoms with E-state index in [4.69, 9.17) is 25.7 Å². The molecule has 2 saturated heterocycles. The zero-order valence-electron chi connectivity index (χ0n) is 27.6. The largest absolute Gasteiger partial charge is 0.452 e. The van der Waals surface area contributed by atoms with E-state index in [0.717, 1.165) is 6.92 Å². The molecule has 0 amide bonds. The first-order valence-electron chi connectivity index (χ1n) is 15.8. The van der Waals surface area contributed by atoms with E-state index in [0.29, 0.717) is 23.1 Å². The number of hydrogen-bond donors (Lipinski definition) is 5. The molecule has 1 unspecified atom stereocenters. The Morgan fingerprint density at radius 3 is 1.92 bits per heavy atom. The van der Waals surface area contributed by atoms with Gasteiger partial charge in [0.1, 0.15) is 53.3 Å². The molecule has 5 aromatic rings. The summed E-state index contributed by atoms with van der Waals surface area (Å²) in [5.41, 5.74) is 7.17. The van der Waals surface area contributed by atoms with Crippen LogP contribution in [0.15, 0.2) is 67.3 Å². The van der Waals surface area contributed by atoms with Crippen LogP contribution in [0.25, 0.3) is 11.0 Å². The van der Waals surface area contributed by atoms with E-state index in [-0.39, 0.29) is 37.7 Å². The molecule has 0 aliphatic carbocycles. The Balaban J connectivity index is 0.000000235. The van der Waals surface area contributed by atoms with Gasteiger partial charge in [0.15, 0.2) is 23.4 Å². The van der Waals surface area contributed by atoms with E-state index in [1.807, 2.05) is 0 Å². The second-order valence-electron chi connectivity index (χ2n) is 12.7. The predicted octanol–water partition coefficient (Wildman–Crippen LogP) is 3.50. The summed E-state index contributed by atoms with van der Waals surface area (Å²) >= 11 is 0. The van der Waals surface area contributed by atoms with Crippen LogP contribution in [0.1, 0.15) is 70.7 Å². The molecule has 8 atom stereocenters. The van der Waals surface area contributed by atoms with Crippen LogP contribution in [0.5, 0.6) is 0 Å². The number of carbonyl (C=O) groups excluding carboxylic acids is 1. The summed E-state index contributed by atoms with van der Waals surface area (Å²) in [6.45, 7) is 5.20. The number of aliphatic hydroxyl groups excluding tert-OH is 2. The third-order valence-corrected chi connectivity index (χ3v) is 9.71. The zero-order valence-corrected chi connectivity index (χ0v) is 27.6. The summed E-state index contributed by atoms with van der Waals surface area (Å²) in [6.07, 6.45) is -1.88. The third-order valence-electron chi connectivity index (χ3n) is 9.71. The molecule has 15 nitrogen and oxygen atoms in total. The Bertz CT molecular complexity index is 2030. The highest BCUT2D eigenvalue weighted by atomic mass is 19.1. The standard InChI is InChI=1S/C20H21FN4O4.C13H17FN4O3.2CH4/c1-3-14-16(28-18(26)12-7-5-4-6-8-12)19(2,21)20(27,29-14)15-10-9-13-17(22)23-11-24-25(13)15;1-12(14)10(20)8(5-19)21-13(12,2)9-4-3-7-11(15)16-6-17-18(7)9;;/h4-11,14,16,27H,3H2,1-2H3,(H2,22,23,24);3-4,6,8,10,19-20H,5H2,1-2H3,(H2,15,16,17);2*1H4/t14-,16-,19-,20?;8-,10-,12-,13+;;/m11../s1. The van der Waals surface area contributed by atoms with E-state index < -0.39 is 59.7 Å². The maximum absolute atomic E-state index is 16.1. The van der Waals surface area contributed by atoms with Gasteiger partial charge in [-0.2, -0.15) is 10.2 Å². The van der Waals surface area contributed by atoms with E-state index in [1.165, 1.54) is 41.6 Å². The predicted molar refractivity (Wildman–Crippen MR) is 187 cm³/mol. The van der Waals surface area contributed by atoms with Crippen molar-refractivity contribution < 1.29 is 43.1 Å². The van der Waals surface area contributed by atoms with Crippen molar-refractivity contribution in [1.29, 1.82) is 0 Å². The average molecular weight is 729 g/mol. The molecule has 0 bridgehead atoms. The van der Waals surface area contributed by atoms with Gasteiger partial charge < -0.3 is 41.0 Å². The van der Waals surface area contributed by atoms with Gasteiger partial charge in [0.25, 0.3) is 0 Å². The lowest BCUT2D eigenvalue weighted by Gasteiger charge is -2.33. The maximum Gasteiger partial charge on any atom is 0.338 e. The van der Waals surface area contributed by atoms with Crippen LogP contribution in [-0.4, -0.2) is 92.8 Å². The number of nitrogens with zero attached hydrogens (tertiary/aromatic N) is 6. The van der Waals surface area contributed by atoms with Gasteiger partial charge in [-0.05, 0) is 63.6 Å². The summed E-state index contributed by atoms with van der Waals surface area (Å²) < 4.78 is 50.7. The number of hydrogen-bond acceptors (Lipinski definition) is 13. The Labute approximate surface area is 299 Å². The van der Waals surface area contributed by atoms with Crippen molar-refractivity contribution in [1.82, 2.24) is 29.2 Å². The van der Waals surface area contributed by atoms with Crippen LogP contribution in [0, 0.1) is 0 Å². The van der Waals surface area contributed by atoms with Crippen molar-refractivity contribution in [3.8, 4) is 0 Å². The number of nitrogens with two attached hydrogens (primary N) is 2. The monoisotopic (exact) mass is 728 g/mol. The molecule has 1 aromatic carbocycles. The highest BCUT2D eigenvalue weighted by Gasteiger charge is 2.67. The van der Waals surface area contributed by atoms with Gasteiger partial charge in [0.2, 0.25) is 11.5 Å². The number of benzene rings is 1. The molecule has 6 heterocycles. The molecule has 0 saturated carbocycles. The summed E-state index contributed by atoms with van der Waals surface area (Å²) in [7, 11) is 0. The number of aromatic nitrogens is 6. The Morgan fingerprint density at radius 1 is 0.865 bits per heavy atom. The maximum atomic E-state index is 16.1. The molecular weight excluding hydrogens is 682 g/mol. The molecule has 0 radical (unpaired) electrons. The SMILES string of the molecule is C.C.CC[C@H]1OC(O)(c2ccc3c(N)ncnn23)[C@](C)(F)[C@@H]1OC(=O)c1ccccc1.C[C@@]1(c2ccc3c(N)ncnn23)O[C@H](CO)[C@@H](O)[C@@]1(C)F. The molecule has 17 heteroatoms. The molecule has 2 fully saturated rings. The second kappa shape index (κ2) is 14.3. The second-order valence-corrected chi connectivity index (χ2v) is 12.7. The molecule has 282 valence electrons. The smallest absolute Gasteiger partial charge is 0.338 e. The number of rotatable bonds is 6. The van der Waals surface area contributed by atoms with Gasteiger partial charge in [0.05, 0.1) is 17.9 Å². The van der Waals surface area contributed by atoms with Crippen molar-refractivity contribution >= 4 is 28.6 Å². The first-order chi connectivity index (χ1) is 23.6. The molecule has 2 aliphatic heterocycles. The van der Waals surface area contributed by atoms with Crippen molar-refractivity contribution in [2.75, 3.05) is 18.1 Å². The lowest BCUT2D eigenvalue weighted by atomic mass is 9.82. The molecule has 7 N–H and O–H groups in total. The van der Waals surface area contributed by atoms with Gasteiger partial charge in [0, 0.05) is 0 Å². The summed E-state index contributed by atoms with van der Waals surface area (Å²) in [5.74, 6) is -2.68. The number of anilines is 2. The highest BCUT2D eigenvalue weighted by Crippen LogP contribution is 2.51. The fraction of sp³-hybridized carbons (Fsp3) is 0.457. The van der Waals surface area contributed by atoms with Gasteiger partial charge >= 0.3 is 5.97 Å². The number of nitrogen functional groups attached to an aromatic ring is 2. The number of carbonyl (C=O) groups is 1. The fourth-order valence-corrected chi connectivity index (χ4v) is 6.58. The van der Waals surface area contributed by atoms with Gasteiger partial charge in [-0.3, -0.25) is 0 Å². The minimum atomic E-state index is -2.47.